The van der Waals surface area contributed by atoms with Gasteiger partial charge in [0.05, 0.1) is 0 Å². The van der Waals surface area contributed by atoms with E-state index in [1.807, 2.05) is 23.6 Å². The van der Waals surface area contributed by atoms with Crippen LogP contribution in [0, 0.1) is 42.3 Å². The van der Waals surface area contributed by atoms with Gasteiger partial charge < -0.3 is 28.8 Å². The summed E-state index contributed by atoms with van der Waals surface area (Å²) < 4.78 is 4.02. The molecule has 2 aliphatic heterocycles. The zero-order valence-electron chi connectivity index (χ0n) is 35.0. The molecule has 0 atom stereocenters. The molecule has 17 heteroatoms. The molecule has 8 rings (SSSR count). The van der Waals surface area contributed by atoms with E-state index in [-0.39, 0.29) is 369 Å². The fourth-order valence-corrected chi connectivity index (χ4v) is 8.15. The van der Waals surface area contributed by atoms with Gasteiger partial charge in [0.1, 0.15) is 0 Å². The van der Waals surface area contributed by atoms with Gasteiger partial charge in [-0.05, 0) is 71.6 Å². The van der Waals surface area contributed by atoms with Crippen LogP contribution in [0.25, 0.3) is 22.3 Å². The van der Waals surface area contributed by atoms with Crippen molar-refractivity contribution in [2.75, 3.05) is 0 Å². The van der Waals surface area contributed by atoms with E-state index in [0.717, 1.165) is 24.1 Å². The van der Waals surface area contributed by atoms with Crippen molar-refractivity contribution in [1.82, 2.24) is 9.13 Å². The van der Waals surface area contributed by atoms with Crippen LogP contribution < -0.4 is 16.3 Å². The molecule has 0 fully saturated rings. The fraction of sp³-hybridized carbons (Fsp3) is 0.395. The summed E-state index contributed by atoms with van der Waals surface area (Å²) in [4.78, 5) is 24.5. The van der Waals surface area contributed by atoms with Crippen molar-refractivity contribution in [3.05, 3.63) is 133 Å². The van der Waals surface area contributed by atoms with E-state index in [2.05, 4.69) is 121 Å². The largest absolute Gasteiger partial charge is 0.484 e. The molecule has 0 bridgehead atoms. The standard InChI is InChI=1S/C21H21NO.C20H20BNO3.2CH4.10Y/c1-13-12-22-17(11-18(13)23)16-10-14-8-6-7-9-15(14)19(16)20(2,3)21(22,4)5;1-19(2)18-13-8-6-5-7-12(13)9-14(18)16-10-17(23)15(21(24)25)11-22(16)20(19,3)4;;;;;;;;;;;;/h6-9H,10H2,1-5H3;5-8,24-25H,9H2,1-4H3;2*1H4;;;;;;;;;;/q2*-2;;;;;;;;;;;;. The Morgan fingerprint density at radius 2 is 0.883 bits per heavy atom. The predicted molar refractivity (Wildman–Crippen MR) is 205 cm³/mol. The van der Waals surface area contributed by atoms with Gasteiger partial charge in [0.2, 0.25) is 0 Å². The molecule has 2 aromatic heterocycles. The number of aryl methyl sites for hydroxylation is 1. The normalized spacial score (nSPS) is 15.7. The van der Waals surface area contributed by atoms with Crippen LogP contribution in [0.2, 0.25) is 0 Å². The summed E-state index contributed by atoms with van der Waals surface area (Å²) in [5, 5.41) is 19.0. The number of rotatable bonds is 1. The van der Waals surface area contributed by atoms with E-state index < -0.39 is 18.1 Å². The molecule has 0 amide bonds. The van der Waals surface area contributed by atoms with Crippen LogP contribution in [0.4, 0.5) is 0 Å². The molecule has 6 nitrogen and oxygen atoms in total. The molecule has 292 valence electrons. The molecular formula is C43H49BN2O4Y10-4. The second kappa shape index (κ2) is 30.1. The van der Waals surface area contributed by atoms with Crippen molar-refractivity contribution in [2.24, 2.45) is 10.8 Å². The number of nitrogens with zero attached hydrogens (tertiary/aromatic N) is 2. The number of fused-ring (bicyclic) bond motifs is 8. The Morgan fingerprint density at radius 3 is 1.25 bits per heavy atom. The van der Waals surface area contributed by atoms with Crippen LogP contribution >= 0.6 is 0 Å². The van der Waals surface area contributed by atoms with E-state index in [1.165, 1.54) is 39.0 Å². The third kappa shape index (κ3) is 13.7. The van der Waals surface area contributed by atoms with E-state index >= 15 is 0 Å². The van der Waals surface area contributed by atoms with Crippen LogP contribution in [0.3, 0.4) is 0 Å². The van der Waals surface area contributed by atoms with E-state index in [9.17, 15) is 19.6 Å². The topological polar surface area (TPSA) is 84.5 Å². The summed E-state index contributed by atoms with van der Waals surface area (Å²) in [7, 11) is -1.85. The Hall–Kier alpha value is 6.84. The first-order valence-electron chi connectivity index (χ1n) is 16.6. The predicted octanol–water partition coefficient (Wildman–Crippen LogP) is 6.62. The van der Waals surface area contributed by atoms with Gasteiger partial charge in [-0.25, -0.2) is 17.7 Å². The van der Waals surface area contributed by atoms with Crippen LogP contribution in [0.5, 0.6) is 0 Å². The van der Waals surface area contributed by atoms with E-state index in [4.69, 9.17) is 0 Å². The number of hydrogen-bond acceptors (Lipinski definition) is 4. The average Bonchev–Trinajstić information content (AvgIpc) is 3.61. The minimum atomic E-state index is -1.85. The SMILES string of the molecule is C.C.CC1(C)C2=C(Cc3ccccc32)c2[c-]c(=O)c(B(O)O)[c-]n2C1(C)C.Cc1[c-]n2c([c-]c1=O)C1=C(c3ccccc3C1)C(C)(C)C2(C)C.[Y].[Y].[Y].[Y].[Y].[Y].[Y].[Y].[Y].[Y]. The molecule has 4 aromatic rings. The first-order chi connectivity index (χ1) is 22.4. The first-order valence-corrected chi connectivity index (χ1v) is 16.6. The van der Waals surface area contributed by atoms with Crippen LogP contribution in [0.1, 0.15) is 109 Å². The minimum Gasteiger partial charge on any atom is -0.484 e. The fourth-order valence-electron chi connectivity index (χ4n) is 8.15. The maximum Gasteiger partial charge on any atom is 0.392 e. The zero-order chi connectivity index (χ0) is 34.7. The summed E-state index contributed by atoms with van der Waals surface area (Å²) in [5.41, 5.74) is 10.7. The van der Waals surface area contributed by atoms with Crippen molar-refractivity contribution in [3.8, 4) is 0 Å². The summed E-state index contributed by atoms with van der Waals surface area (Å²) in [6, 6.07) is 22.9. The molecule has 0 spiro atoms. The Morgan fingerprint density at radius 1 is 0.550 bits per heavy atom. The number of allylic oxidation sites excluding steroid dienone is 4. The quantitative estimate of drug-likeness (QED) is 0.166. The maximum atomic E-state index is 12.3. The minimum absolute atomic E-state index is 0. The maximum absolute atomic E-state index is 12.3. The van der Waals surface area contributed by atoms with Gasteiger partial charge in [-0.1, -0.05) is 115 Å². The molecule has 4 heterocycles. The number of aromatic nitrogens is 2. The Labute approximate surface area is 611 Å². The van der Waals surface area contributed by atoms with Gasteiger partial charge in [0.25, 0.3) is 0 Å². The van der Waals surface area contributed by atoms with Gasteiger partial charge >= 0.3 is 7.12 Å². The molecule has 2 aliphatic carbocycles. The zero-order valence-corrected chi connectivity index (χ0v) is 63.4. The molecule has 10 radical (unpaired) electrons. The van der Waals surface area contributed by atoms with Crippen molar-refractivity contribution in [2.45, 2.75) is 101 Å². The monoisotopic (exact) mass is 1560 g/mol. The van der Waals surface area contributed by atoms with Gasteiger partial charge in [-0.3, -0.25) is 0 Å². The summed E-state index contributed by atoms with van der Waals surface area (Å²) in [5.74, 6) is 0. The van der Waals surface area contributed by atoms with Crippen LogP contribution in [-0.4, -0.2) is 26.3 Å². The van der Waals surface area contributed by atoms with Crippen LogP contribution in [0.15, 0.2) is 58.1 Å². The smallest absolute Gasteiger partial charge is 0.392 e. The van der Waals surface area contributed by atoms with E-state index in [1.54, 1.807) is 0 Å². The Balaban J connectivity index is -0.000000203. The van der Waals surface area contributed by atoms with Crippen LogP contribution in [-0.2, 0) is 351 Å². The Kier molecular flexibility index (Phi) is 39.3. The molecule has 4 aliphatic rings. The number of pyridine rings is 2. The Bertz CT molecular complexity index is 2260. The van der Waals surface area contributed by atoms with Gasteiger partial charge in [-0.2, -0.15) is 40.4 Å². The second-order valence-electron chi connectivity index (χ2n) is 15.7. The summed E-state index contributed by atoms with van der Waals surface area (Å²) >= 11 is 0. The van der Waals surface area contributed by atoms with Crippen molar-refractivity contribution in [1.29, 1.82) is 0 Å². The average molecular weight is 1560 g/mol. The molecule has 2 aromatic carbocycles. The van der Waals surface area contributed by atoms with Gasteiger partial charge in [0.15, 0.2) is 0 Å². The van der Waals surface area contributed by atoms with E-state index in [0.29, 0.717) is 11.3 Å². The molecule has 60 heavy (non-hydrogen) atoms. The van der Waals surface area contributed by atoms with Crippen molar-refractivity contribution in [3.63, 3.8) is 0 Å². The molecule has 0 unspecified atom stereocenters. The summed E-state index contributed by atoms with van der Waals surface area (Å²) in [6.07, 6.45) is 7.90. The number of hydrogen-bond donors (Lipinski definition) is 2. The third-order valence-corrected chi connectivity index (χ3v) is 12.2. The molecule has 2 N–H and O–H groups in total. The number of benzene rings is 2. The molecule has 0 saturated heterocycles. The van der Waals surface area contributed by atoms with Crippen molar-refractivity contribution < 1.29 is 337 Å². The molecular weight excluding hydrogens is 1510 g/mol. The molecule has 0 saturated carbocycles. The second-order valence-corrected chi connectivity index (χ2v) is 15.7. The van der Waals surface area contributed by atoms with Gasteiger partial charge in [0, 0.05) is 338 Å². The third-order valence-electron chi connectivity index (χ3n) is 12.2. The first kappa shape index (κ1) is 78.3. The van der Waals surface area contributed by atoms with Gasteiger partial charge in [-0.15, -0.1) is 6.92 Å². The van der Waals surface area contributed by atoms with Crippen molar-refractivity contribution >= 4 is 34.9 Å². The summed E-state index contributed by atoms with van der Waals surface area (Å²) in [6.45, 7) is 19.4.